The number of hydrogen-bond donors (Lipinski definition) is 0. The molecule has 0 aromatic heterocycles. The van der Waals surface area contributed by atoms with Crippen molar-refractivity contribution in [1.29, 1.82) is 0 Å². The molecule has 0 N–H and O–H groups in total. The van der Waals surface area contributed by atoms with E-state index in [0.29, 0.717) is 0 Å². The van der Waals surface area contributed by atoms with E-state index in [9.17, 15) is 0 Å². The Hall–Kier alpha value is -3.13. The quantitative estimate of drug-likeness (QED) is 0.352. The van der Waals surface area contributed by atoms with Gasteiger partial charge in [0.05, 0.1) is 0 Å². The molecule has 0 saturated heterocycles. The van der Waals surface area contributed by atoms with E-state index in [1.165, 1.54) is 39.2 Å². The first kappa shape index (κ1) is 28.9. The number of rotatable bonds is 3. The number of aliphatic carboxylic acids is 3. The summed E-state index contributed by atoms with van der Waals surface area (Å²) in [5.41, 5.74) is 4.07. The molecule has 0 aliphatic heterocycles. The number of carbonyl (C=O) groups is 3. The second-order valence-corrected chi connectivity index (χ2v) is 8.46. The third-order valence-corrected chi connectivity index (χ3v) is 6.09. The summed E-state index contributed by atoms with van der Waals surface area (Å²) in [4.78, 5) is 26.7. The molecular formula is C25H24O6Sn. The molecule has 0 bridgehead atoms. The van der Waals surface area contributed by atoms with Crippen LogP contribution in [0.2, 0.25) is 0 Å². The third kappa shape index (κ3) is 11.9. The zero-order chi connectivity index (χ0) is 24.6. The van der Waals surface area contributed by atoms with Gasteiger partial charge in [-0.3, -0.25) is 0 Å². The molecule has 0 atom stereocenters. The van der Waals surface area contributed by atoms with Crippen LogP contribution in [0.1, 0.15) is 37.5 Å². The van der Waals surface area contributed by atoms with Crippen LogP contribution >= 0.6 is 0 Å². The molecule has 6 nitrogen and oxygen atoms in total. The second kappa shape index (κ2) is 15.6. The van der Waals surface area contributed by atoms with Gasteiger partial charge in [-0.05, 0) is 20.8 Å². The number of carboxylic acid groups (broad SMARTS) is 3. The monoisotopic (exact) mass is 540 g/mol. The van der Waals surface area contributed by atoms with E-state index in [1.807, 2.05) is 0 Å². The number of carbonyl (C=O) groups excluding carboxylic acids is 3. The Balaban J connectivity index is 0.000000668. The Kier molecular flexibility index (Phi) is 14.1. The van der Waals surface area contributed by atoms with Gasteiger partial charge >= 0.3 is 134 Å². The minimum absolute atomic E-state index is 0.0312. The van der Waals surface area contributed by atoms with Crippen molar-refractivity contribution in [2.75, 3.05) is 0 Å². The van der Waals surface area contributed by atoms with Crippen molar-refractivity contribution in [2.24, 2.45) is 0 Å². The van der Waals surface area contributed by atoms with Crippen LogP contribution < -0.4 is 15.3 Å². The van der Waals surface area contributed by atoms with E-state index < -0.39 is 17.9 Å². The van der Waals surface area contributed by atoms with Gasteiger partial charge in [0, 0.05) is 17.9 Å². The summed E-state index contributed by atoms with van der Waals surface area (Å²) in [6, 6.07) is 32.4. The van der Waals surface area contributed by atoms with Crippen molar-refractivity contribution in [3.8, 4) is 0 Å². The molecular weight excluding hydrogens is 515 g/mol. The summed E-state index contributed by atoms with van der Waals surface area (Å²) >= 11 is 1.48. The van der Waals surface area contributed by atoms with Gasteiger partial charge < -0.3 is 29.7 Å². The van der Waals surface area contributed by atoms with E-state index in [4.69, 9.17) is 29.7 Å². The van der Waals surface area contributed by atoms with Crippen LogP contribution in [0.5, 0.6) is 0 Å². The van der Waals surface area contributed by atoms with Gasteiger partial charge in [0.1, 0.15) is 0 Å². The molecule has 3 aromatic carbocycles. The molecule has 0 radical (unpaired) electrons. The minimum atomic E-state index is -1.08. The molecule has 0 heterocycles. The van der Waals surface area contributed by atoms with E-state index in [0.717, 1.165) is 20.8 Å². The maximum absolute atomic E-state index is 8.89. The average Bonchev–Trinajstić information content (AvgIpc) is 2.74. The van der Waals surface area contributed by atoms with Crippen molar-refractivity contribution in [2.45, 2.75) is 24.2 Å². The first-order valence-corrected chi connectivity index (χ1v) is 10.9. The molecule has 0 saturated carbocycles. The first-order valence-electron chi connectivity index (χ1n) is 9.46. The Morgan fingerprint density at radius 1 is 0.531 bits per heavy atom. The van der Waals surface area contributed by atoms with Crippen molar-refractivity contribution < 1.29 is 29.7 Å². The van der Waals surface area contributed by atoms with Crippen LogP contribution in [0.4, 0.5) is 0 Å². The van der Waals surface area contributed by atoms with Gasteiger partial charge in [-0.15, -0.1) is 0 Å². The molecule has 7 heteroatoms. The number of hydrogen-bond acceptors (Lipinski definition) is 6. The van der Waals surface area contributed by atoms with Crippen molar-refractivity contribution in [3.63, 3.8) is 0 Å². The van der Waals surface area contributed by atoms with Gasteiger partial charge in [0.25, 0.3) is 0 Å². The van der Waals surface area contributed by atoms with Crippen molar-refractivity contribution in [3.05, 3.63) is 108 Å². The predicted molar refractivity (Wildman–Crippen MR) is 117 cm³/mol. The predicted octanol–water partition coefficient (Wildman–Crippen LogP) is 0.416. The van der Waals surface area contributed by atoms with Crippen molar-refractivity contribution >= 4 is 40.4 Å². The zero-order valence-electron chi connectivity index (χ0n) is 18.1. The molecule has 0 unspecified atom stereocenters. The maximum atomic E-state index is 8.89. The van der Waals surface area contributed by atoms with E-state index in [2.05, 4.69) is 91.0 Å². The average molecular weight is 539 g/mol. The molecule has 0 aliphatic rings. The Bertz CT molecular complexity index is 807. The van der Waals surface area contributed by atoms with Gasteiger partial charge in [0.15, 0.2) is 0 Å². The molecule has 0 aliphatic carbocycles. The van der Waals surface area contributed by atoms with Crippen LogP contribution in [0.25, 0.3) is 0 Å². The summed E-state index contributed by atoms with van der Waals surface area (Å²) in [7, 11) is 0. The van der Waals surface area contributed by atoms with Gasteiger partial charge in [-0.2, -0.15) is 0 Å². The Morgan fingerprint density at radius 2 is 0.688 bits per heavy atom. The van der Waals surface area contributed by atoms with Gasteiger partial charge in [-0.1, -0.05) is 0 Å². The Morgan fingerprint density at radius 3 is 0.844 bits per heavy atom. The normalized spacial score (nSPS) is 9.41. The summed E-state index contributed by atoms with van der Waals surface area (Å²) < 4.78 is -0.0312. The Labute approximate surface area is 201 Å². The fourth-order valence-corrected chi connectivity index (χ4v) is 3.99. The molecule has 0 amide bonds. The fraction of sp³-hybridized carbons (Fsp3) is 0.160. The standard InChI is InChI=1S/C19H15.3C2H4O2.Sn/c1-4-10-16(11-5-1)19(17-12-6-2-7-13-17)18-14-8-3-9-15-18;3*1-2(3)4;/h1-15H;3*1H3,(H,3,4);/q;;;;+3/p-3. The topological polar surface area (TPSA) is 120 Å². The first-order chi connectivity index (χ1) is 15.0. The molecule has 164 valence electrons. The van der Waals surface area contributed by atoms with Crippen LogP contribution in [-0.2, 0) is 17.8 Å². The molecule has 3 aromatic rings. The SMILES string of the molecule is CC(=O)[O-].CC(=O)[O-].CC(=O)[O-].[Sn+3][C](c1ccccc1)(c1ccccc1)c1ccccc1. The van der Waals surface area contributed by atoms with Crippen LogP contribution in [0.15, 0.2) is 91.0 Å². The van der Waals surface area contributed by atoms with E-state index in [-0.39, 0.29) is 3.43 Å². The van der Waals surface area contributed by atoms with E-state index >= 15 is 0 Å². The number of benzene rings is 3. The molecule has 32 heavy (non-hydrogen) atoms. The van der Waals surface area contributed by atoms with Crippen LogP contribution in [0.3, 0.4) is 0 Å². The number of carboxylic acids is 3. The summed E-state index contributed by atoms with van der Waals surface area (Å²) in [5.74, 6) is -3.25. The van der Waals surface area contributed by atoms with Gasteiger partial charge in [0.2, 0.25) is 0 Å². The second-order valence-electron chi connectivity index (χ2n) is 6.32. The third-order valence-electron chi connectivity index (χ3n) is 3.62. The van der Waals surface area contributed by atoms with Crippen molar-refractivity contribution in [1.82, 2.24) is 0 Å². The van der Waals surface area contributed by atoms with E-state index in [1.54, 1.807) is 0 Å². The molecule has 3 rings (SSSR count). The summed E-state index contributed by atoms with van der Waals surface area (Å²) in [5, 5.41) is 26.7. The zero-order valence-corrected chi connectivity index (χ0v) is 21.0. The summed E-state index contributed by atoms with van der Waals surface area (Å²) in [6.45, 7) is 2.92. The molecule has 0 fully saturated rings. The molecule has 0 spiro atoms. The summed E-state index contributed by atoms with van der Waals surface area (Å²) in [6.07, 6.45) is 0. The van der Waals surface area contributed by atoms with Crippen LogP contribution in [-0.4, -0.2) is 40.4 Å². The fourth-order valence-electron chi connectivity index (χ4n) is 2.56. The van der Waals surface area contributed by atoms with Gasteiger partial charge in [-0.25, -0.2) is 0 Å². The van der Waals surface area contributed by atoms with Crippen LogP contribution in [0, 0.1) is 0 Å².